The lowest BCUT2D eigenvalue weighted by atomic mass is 9.96. The number of carboxylic acid groups (broad SMARTS) is 1. The van der Waals surface area contributed by atoms with E-state index in [-0.39, 0.29) is 17.4 Å². The first-order chi connectivity index (χ1) is 14.5. The minimum absolute atomic E-state index is 0.0494. The number of halogens is 2. The lowest BCUT2D eigenvalue weighted by molar-refractivity contribution is -0.121. The maximum absolute atomic E-state index is 14.6. The summed E-state index contributed by atoms with van der Waals surface area (Å²) >= 11 is 0. The third-order valence-corrected chi connectivity index (χ3v) is 7.00. The quantitative estimate of drug-likeness (QED) is 0.682. The van der Waals surface area contributed by atoms with Gasteiger partial charge in [0, 0.05) is 35.5 Å². The number of hydrogen-bond acceptors (Lipinski definition) is 4. The highest BCUT2D eigenvalue weighted by Crippen LogP contribution is 2.31. The van der Waals surface area contributed by atoms with Crippen LogP contribution in [0, 0.1) is 11.6 Å². The zero-order valence-corrected chi connectivity index (χ0v) is 18.8. The number of carbonyl (C=O) groups excluding carboxylic acids is 1. The minimum atomic E-state index is -2.27. The van der Waals surface area contributed by atoms with Gasteiger partial charge in [-0.25, -0.2) is 18.6 Å². The van der Waals surface area contributed by atoms with Crippen molar-refractivity contribution in [2.24, 2.45) is 0 Å². The predicted octanol–water partition coefficient (Wildman–Crippen LogP) is 3.52. The topological polar surface area (TPSA) is 91.8 Å². The van der Waals surface area contributed by atoms with Gasteiger partial charge < -0.3 is 15.2 Å². The Bertz CT molecular complexity index is 1000. The number of aromatic nitrogens is 1. The molecule has 0 saturated heterocycles. The van der Waals surface area contributed by atoms with Crippen LogP contribution in [0.3, 0.4) is 0 Å². The Kier molecular flexibility index (Phi) is 6.30. The first-order valence-electron chi connectivity index (χ1n) is 9.95. The van der Waals surface area contributed by atoms with Crippen LogP contribution < -0.4 is 15.2 Å². The van der Waals surface area contributed by atoms with Crippen molar-refractivity contribution in [1.29, 1.82) is 0 Å². The van der Waals surface area contributed by atoms with E-state index in [0.717, 1.165) is 17.0 Å². The van der Waals surface area contributed by atoms with Gasteiger partial charge in [0.15, 0.2) is 0 Å². The first kappa shape index (κ1) is 22.7. The van der Waals surface area contributed by atoms with Crippen molar-refractivity contribution in [2.75, 3.05) is 18.5 Å². The Labute approximate surface area is 180 Å². The second-order valence-corrected chi connectivity index (χ2v) is 13.3. The van der Waals surface area contributed by atoms with E-state index in [1.54, 1.807) is 12.1 Å². The Balaban J connectivity index is 1.95. The molecule has 0 aliphatic carbocycles. The van der Waals surface area contributed by atoms with E-state index in [1.807, 2.05) is 26.6 Å². The molecule has 2 aromatic rings. The number of nitrogens with zero attached hydrogens (tertiary/aromatic N) is 2. The Morgan fingerprint density at radius 2 is 1.90 bits per heavy atom. The van der Waals surface area contributed by atoms with Gasteiger partial charge in [-0.2, -0.15) is 0 Å². The smallest absolute Gasteiger partial charge is 0.408 e. The van der Waals surface area contributed by atoms with E-state index in [4.69, 9.17) is 4.74 Å². The number of ether oxygens (including phenoxy) is 1. The molecule has 3 rings (SSSR count). The SMILES string of the molecule is CCOc1ccc2c(n1)CCN(C(=O)O)C2C(=O)Nc1cc(F)c([Si](C)(C)C)c(F)c1. The molecule has 0 bridgehead atoms. The molecule has 1 aromatic carbocycles. The molecular formula is C21H25F2N3O4Si. The van der Waals surface area contributed by atoms with E-state index in [1.165, 1.54) is 0 Å². The second kappa shape index (κ2) is 8.62. The van der Waals surface area contributed by atoms with Gasteiger partial charge in [0.25, 0.3) is 5.91 Å². The van der Waals surface area contributed by atoms with Gasteiger partial charge in [-0.15, -0.1) is 0 Å². The molecule has 0 spiro atoms. The molecular weight excluding hydrogens is 424 g/mol. The highest BCUT2D eigenvalue weighted by molar-refractivity contribution is 6.88. The fraction of sp³-hybridized carbons (Fsp3) is 0.381. The van der Waals surface area contributed by atoms with Crippen LogP contribution in [0.5, 0.6) is 5.88 Å². The van der Waals surface area contributed by atoms with E-state index >= 15 is 0 Å². The van der Waals surface area contributed by atoms with Crippen LogP contribution in [0.4, 0.5) is 19.3 Å². The highest BCUT2D eigenvalue weighted by atomic mass is 28.3. The van der Waals surface area contributed by atoms with Gasteiger partial charge in [0.1, 0.15) is 17.7 Å². The number of hydrogen-bond donors (Lipinski definition) is 2. The Hall–Kier alpha value is -3.01. The summed E-state index contributed by atoms with van der Waals surface area (Å²) in [6.07, 6.45) is -0.952. The molecule has 2 amide bonds. The molecule has 0 radical (unpaired) electrons. The average Bonchev–Trinajstić information content (AvgIpc) is 2.65. The Morgan fingerprint density at radius 1 is 1.26 bits per heavy atom. The molecule has 31 heavy (non-hydrogen) atoms. The summed E-state index contributed by atoms with van der Waals surface area (Å²) in [6.45, 7) is 7.75. The fourth-order valence-corrected chi connectivity index (χ4v) is 5.33. The van der Waals surface area contributed by atoms with Crippen LogP contribution in [0.1, 0.15) is 24.2 Å². The van der Waals surface area contributed by atoms with E-state index in [9.17, 15) is 23.5 Å². The molecule has 1 unspecified atom stereocenters. The number of rotatable bonds is 5. The van der Waals surface area contributed by atoms with Crippen LogP contribution in [-0.2, 0) is 11.2 Å². The van der Waals surface area contributed by atoms with Gasteiger partial charge in [-0.05, 0) is 25.1 Å². The van der Waals surface area contributed by atoms with Gasteiger partial charge in [-0.3, -0.25) is 9.69 Å². The number of carbonyl (C=O) groups is 2. The van der Waals surface area contributed by atoms with Crippen molar-refractivity contribution in [3.63, 3.8) is 0 Å². The van der Waals surface area contributed by atoms with Crippen molar-refractivity contribution in [3.05, 3.63) is 47.2 Å². The summed E-state index contributed by atoms with van der Waals surface area (Å²) in [6, 6.07) is 4.10. The van der Waals surface area contributed by atoms with Crippen LogP contribution in [0.25, 0.3) is 0 Å². The van der Waals surface area contributed by atoms with Crippen molar-refractivity contribution in [2.45, 2.75) is 39.0 Å². The normalized spacial score (nSPS) is 15.9. The van der Waals surface area contributed by atoms with Gasteiger partial charge in [-0.1, -0.05) is 19.6 Å². The molecule has 2 heterocycles. The molecule has 1 atom stereocenters. The lowest BCUT2D eigenvalue weighted by Crippen LogP contribution is -2.45. The van der Waals surface area contributed by atoms with E-state index in [2.05, 4.69) is 10.3 Å². The number of anilines is 1. The maximum atomic E-state index is 14.6. The first-order valence-corrected chi connectivity index (χ1v) is 13.5. The molecule has 1 aromatic heterocycles. The van der Waals surface area contributed by atoms with Crippen molar-refractivity contribution < 1.29 is 28.2 Å². The van der Waals surface area contributed by atoms with Crippen molar-refractivity contribution >= 4 is 30.9 Å². The maximum Gasteiger partial charge on any atom is 0.408 e. The fourth-order valence-electron chi connectivity index (χ4n) is 3.75. The molecule has 0 fully saturated rings. The van der Waals surface area contributed by atoms with Crippen LogP contribution in [0.2, 0.25) is 19.6 Å². The standard InChI is InChI=1S/C21H25F2N3O4Si/c1-5-30-17-7-6-13-16(25-17)8-9-26(21(28)29)18(13)20(27)24-12-10-14(22)19(15(23)11-12)31(2,3)4/h6-7,10-11,18H,5,8-9H2,1-4H3,(H,24,27)(H,28,29). The van der Waals surface area contributed by atoms with Crippen LogP contribution >= 0.6 is 0 Å². The summed E-state index contributed by atoms with van der Waals surface area (Å²) in [5.74, 6) is -1.78. The van der Waals surface area contributed by atoms with Crippen LogP contribution in [-0.4, -0.2) is 48.2 Å². The largest absolute Gasteiger partial charge is 0.478 e. The summed E-state index contributed by atoms with van der Waals surface area (Å²) in [4.78, 5) is 30.2. The molecule has 0 saturated carbocycles. The molecule has 2 N–H and O–H groups in total. The zero-order chi connectivity index (χ0) is 22.9. The highest BCUT2D eigenvalue weighted by Gasteiger charge is 2.37. The summed E-state index contributed by atoms with van der Waals surface area (Å²) < 4.78 is 34.5. The molecule has 7 nitrogen and oxygen atoms in total. The van der Waals surface area contributed by atoms with E-state index < -0.39 is 37.8 Å². The number of pyridine rings is 1. The second-order valence-electron chi connectivity index (χ2n) is 8.30. The Morgan fingerprint density at radius 3 is 2.45 bits per heavy atom. The van der Waals surface area contributed by atoms with Crippen LogP contribution in [0.15, 0.2) is 24.3 Å². The van der Waals surface area contributed by atoms with Gasteiger partial charge in [0.05, 0.1) is 20.4 Å². The summed E-state index contributed by atoms with van der Waals surface area (Å²) in [7, 11) is -2.27. The van der Waals surface area contributed by atoms with Gasteiger partial charge >= 0.3 is 6.09 Å². The van der Waals surface area contributed by atoms with Gasteiger partial charge in [0.2, 0.25) is 5.88 Å². The number of fused-ring (bicyclic) bond motifs is 1. The molecule has 166 valence electrons. The predicted molar refractivity (Wildman–Crippen MR) is 115 cm³/mol. The monoisotopic (exact) mass is 449 g/mol. The average molecular weight is 450 g/mol. The lowest BCUT2D eigenvalue weighted by Gasteiger charge is -2.34. The van der Waals surface area contributed by atoms with Crippen molar-refractivity contribution in [3.8, 4) is 5.88 Å². The van der Waals surface area contributed by atoms with Crippen molar-refractivity contribution in [1.82, 2.24) is 9.88 Å². The number of amides is 2. The third kappa shape index (κ3) is 4.68. The van der Waals surface area contributed by atoms with E-state index in [0.29, 0.717) is 30.2 Å². The zero-order valence-electron chi connectivity index (χ0n) is 17.8. The number of benzene rings is 1. The number of nitrogens with one attached hydrogen (secondary N) is 1. The third-order valence-electron chi connectivity index (χ3n) is 5.03. The molecule has 10 heteroatoms. The molecule has 1 aliphatic heterocycles. The molecule has 1 aliphatic rings. The summed E-state index contributed by atoms with van der Waals surface area (Å²) in [5.41, 5.74) is 0.891. The minimum Gasteiger partial charge on any atom is -0.478 e. The summed E-state index contributed by atoms with van der Waals surface area (Å²) in [5, 5.41) is 12.1.